The Balaban J connectivity index is 1.54. The highest BCUT2D eigenvalue weighted by molar-refractivity contribution is 5.62. The number of nitrogens with one attached hydrogen (secondary N) is 2. The van der Waals surface area contributed by atoms with Gasteiger partial charge in [0.25, 0.3) is 5.56 Å². The molecule has 2 N–H and O–H groups in total. The molecule has 0 amide bonds. The van der Waals surface area contributed by atoms with Crippen LogP contribution in [0.4, 0.5) is 11.9 Å². The number of nitrogens with zero attached hydrogens (tertiary/aromatic N) is 4. The molecule has 7 nitrogen and oxygen atoms in total. The lowest BCUT2D eigenvalue weighted by molar-refractivity contribution is 0.434. The van der Waals surface area contributed by atoms with Gasteiger partial charge in [-0.15, -0.1) is 0 Å². The summed E-state index contributed by atoms with van der Waals surface area (Å²) in [5, 5.41) is 3.18. The van der Waals surface area contributed by atoms with Crippen LogP contribution in [-0.4, -0.2) is 33.0 Å². The van der Waals surface area contributed by atoms with Crippen LogP contribution in [0.3, 0.4) is 0 Å². The number of aromatic nitrogens is 4. The molecule has 1 aromatic carbocycles. The molecular weight excluding hydrogens is 364 g/mol. The molecular formula is C22H26N6O. The fourth-order valence-electron chi connectivity index (χ4n) is 3.53. The Kier molecular flexibility index (Phi) is 5.55. The van der Waals surface area contributed by atoms with E-state index in [0.29, 0.717) is 18.2 Å². The molecule has 1 aliphatic rings. The van der Waals surface area contributed by atoms with Crippen LogP contribution in [-0.2, 0) is 6.54 Å². The lowest BCUT2D eigenvalue weighted by Crippen LogP contribution is -2.34. The molecule has 7 heteroatoms. The molecule has 1 aliphatic heterocycles. The van der Waals surface area contributed by atoms with E-state index in [2.05, 4.69) is 32.1 Å². The summed E-state index contributed by atoms with van der Waals surface area (Å²) in [5.41, 5.74) is 3.06. The zero-order chi connectivity index (χ0) is 20.2. The van der Waals surface area contributed by atoms with Crippen LogP contribution >= 0.6 is 0 Å². The van der Waals surface area contributed by atoms with Crippen LogP contribution in [0, 0.1) is 12.8 Å². The molecule has 3 heterocycles. The van der Waals surface area contributed by atoms with Gasteiger partial charge in [-0.3, -0.25) is 9.78 Å². The third-order valence-electron chi connectivity index (χ3n) is 5.35. The van der Waals surface area contributed by atoms with Crippen LogP contribution in [0.15, 0.2) is 47.4 Å². The van der Waals surface area contributed by atoms with Crippen molar-refractivity contribution in [1.82, 2.24) is 19.9 Å². The zero-order valence-corrected chi connectivity index (χ0v) is 16.9. The molecule has 0 bridgehead atoms. The SMILES string of the molecule is Cc1nc(N2CCC(C)CC2)ncc1-c1cc(=O)[nH]c(NCc2ccccc2)n1. The standard InChI is InChI=1S/C22H26N6O/c1-15-8-10-28(11-9-15)22-24-14-18(16(2)25-22)19-12-20(29)27-21(26-19)23-13-17-6-4-3-5-7-17/h3-7,12,14-15H,8-11,13H2,1-2H3,(H2,23,26,27,29). The van der Waals surface area contributed by atoms with Crippen LogP contribution in [0.5, 0.6) is 0 Å². The summed E-state index contributed by atoms with van der Waals surface area (Å²) < 4.78 is 0. The van der Waals surface area contributed by atoms with Gasteiger partial charge in [0.2, 0.25) is 11.9 Å². The van der Waals surface area contributed by atoms with Crippen molar-refractivity contribution in [2.45, 2.75) is 33.2 Å². The van der Waals surface area contributed by atoms with E-state index in [4.69, 9.17) is 4.98 Å². The van der Waals surface area contributed by atoms with E-state index in [-0.39, 0.29) is 5.56 Å². The predicted molar refractivity (Wildman–Crippen MR) is 115 cm³/mol. The highest BCUT2D eigenvalue weighted by Crippen LogP contribution is 2.24. The second-order valence-corrected chi connectivity index (χ2v) is 7.66. The van der Waals surface area contributed by atoms with E-state index >= 15 is 0 Å². The second-order valence-electron chi connectivity index (χ2n) is 7.66. The maximum atomic E-state index is 12.2. The molecule has 29 heavy (non-hydrogen) atoms. The Morgan fingerprint density at radius 2 is 1.93 bits per heavy atom. The van der Waals surface area contributed by atoms with E-state index < -0.39 is 0 Å². The first-order chi connectivity index (χ1) is 14.1. The van der Waals surface area contributed by atoms with Gasteiger partial charge in [-0.05, 0) is 31.2 Å². The van der Waals surface area contributed by atoms with E-state index in [0.717, 1.165) is 54.6 Å². The van der Waals surface area contributed by atoms with E-state index in [1.165, 1.54) is 6.07 Å². The molecule has 0 atom stereocenters. The Hall–Kier alpha value is -3.22. The molecule has 3 aromatic rings. The number of piperidine rings is 1. The maximum absolute atomic E-state index is 12.2. The van der Waals surface area contributed by atoms with Gasteiger partial charge in [-0.25, -0.2) is 15.0 Å². The average molecular weight is 390 g/mol. The molecule has 0 aliphatic carbocycles. The molecule has 1 fully saturated rings. The van der Waals surface area contributed by atoms with Gasteiger partial charge in [0, 0.05) is 37.5 Å². The van der Waals surface area contributed by atoms with Crippen molar-refractivity contribution >= 4 is 11.9 Å². The van der Waals surface area contributed by atoms with Crippen molar-refractivity contribution < 1.29 is 0 Å². The number of rotatable bonds is 5. The molecule has 0 saturated carbocycles. The van der Waals surface area contributed by atoms with Crippen molar-refractivity contribution in [2.75, 3.05) is 23.3 Å². The number of hydrogen-bond acceptors (Lipinski definition) is 6. The number of hydrogen-bond donors (Lipinski definition) is 2. The Bertz CT molecular complexity index is 1020. The second kappa shape index (κ2) is 8.43. The fourth-order valence-corrected chi connectivity index (χ4v) is 3.53. The molecule has 150 valence electrons. The molecule has 0 unspecified atom stereocenters. The molecule has 4 rings (SSSR count). The van der Waals surface area contributed by atoms with Gasteiger partial charge in [0.05, 0.1) is 11.4 Å². The number of H-pyrrole nitrogens is 1. The van der Waals surface area contributed by atoms with Gasteiger partial charge in [0.15, 0.2) is 0 Å². The van der Waals surface area contributed by atoms with Crippen molar-refractivity contribution in [3.8, 4) is 11.3 Å². The summed E-state index contributed by atoms with van der Waals surface area (Å²) in [7, 11) is 0. The van der Waals surface area contributed by atoms with Gasteiger partial charge >= 0.3 is 0 Å². The van der Waals surface area contributed by atoms with Crippen LogP contribution in [0.25, 0.3) is 11.3 Å². The normalized spacial score (nSPS) is 14.8. The molecule has 1 saturated heterocycles. The smallest absolute Gasteiger partial charge is 0.252 e. The Morgan fingerprint density at radius 3 is 2.66 bits per heavy atom. The quantitative estimate of drug-likeness (QED) is 0.694. The monoisotopic (exact) mass is 390 g/mol. The average Bonchev–Trinajstić information content (AvgIpc) is 2.73. The first kappa shape index (κ1) is 19.1. The third-order valence-corrected chi connectivity index (χ3v) is 5.35. The van der Waals surface area contributed by atoms with Crippen LogP contribution in [0.1, 0.15) is 31.0 Å². The molecule has 0 spiro atoms. The van der Waals surface area contributed by atoms with Gasteiger partial charge in [-0.1, -0.05) is 37.3 Å². The molecule has 2 aromatic heterocycles. The Morgan fingerprint density at radius 1 is 1.17 bits per heavy atom. The van der Waals surface area contributed by atoms with E-state index in [9.17, 15) is 4.79 Å². The lowest BCUT2D eigenvalue weighted by atomic mass is 10.00. The Labute approximate surface area is 170 Å². The van der Waals surface area contributed by atoms with Crippen molar-refractivity contribution in [2.24, 2.45) is 5.92 Å². The van der Waals surface area contributed by atoms with Crippen molar-refractivity contribution in [3.63, 3.8) is 0 Å². The predicted octanol–water partition coefficient (Wildman–Crippen LogP) is 3.38. The topological polar surface area (TPSA) is 86.8 Å². The summed E-state index contributed by atoms with van der Waals surface area (Å²) in [6.45, 7) is 6.77. The summed E-state index contributed by atoms with van der Waals surface area (Å²) in [5.74, 6) is 1.95. The number of aromatic amines is 1. The molecule has 0 radical (unpaired) electrons. The minimum Gasteiger partial charge on any atom is -0.352 e. The van der Waals surface area contributed by atoms with Gasteiger partial charge in [-0.2, -0.15) is 0 Å². The van der Waals surface area contributed by atoms with Crippen LogP contribution in [0.2, 0.25) is 0 Å². The van der Waals surface area contributed by atoms with Crippen LogP contribution < -0.4 is 15.8 Å². The fraction of sp³-hybridized carbons (Fsp3) is 0.364. The third kappa shape index (κ3) is 4.62. The van der Waals surface area contributed by atoms with Crippen molar-refractivity contribution in [3.05, 3.63) is 64.2 Å². The van der Waals surface area contributed by atoms with Crippen molar-refractivity contribution in [1.29, 1.82) is 0 Å². The summed E-state index contributed by atoms with van der Waals surface area (Å²) in [6, 6.07) is 11.5. The largest absolute Gasteiger partial charge is 0.352 e. The first-order valence-corrected chi connectivity index (χ1v) is 10.1. The maximum Gasteiger partial charge on any atom is 0.252 e. The summed E-state index contributed by atoms with van der Waals surface area (Å²) in [6.07, 6.45) is 4.10. The highest BCUT2D eigenvalue weighted by Gasteiger charge is 2.19. The van der Waals surface area contributed by atoms with Gasteiger partial charge < -0.3 is 10.2 Å². The van der Waals surface area contributed by atoms with E-state index in [1.807, 2.05) is 37.3 Å². The summed E-state index contributed by atoms with van der Waals surface area (Å²) >= 11 is 0. The zero-order valence-electron chi connectivity index (χ0n) is 16.9. The number of benzene rings is 1. The highest BCUT2D eigenvalue weighted by atomic mass is 16.1. The van der Waals surface area contributed by atoms with Gasteiger partial charge in [0.1, 0.15) is 0 Å². The van der Waals surface area contributed by atoms with E-state index in [1.54, 1.807) is 6.20 Å². The minimum absolute atomic E-state index is 0.209. The minimum atomic E-state index is -0.209. The lowest BCUT2D eigenvalue weighted by Gasteiger charge is -2.30. The number of aryl methyl sites for hydroxylation is 1. The first-order valence-electron chi connectivity index (χ1n) is 10.1. The summed E-state index contributed by atoms with van der Waals surface area (Å²) in [4.78, 5) is 31.0. The number of anilines is 2.